The van der Waals surface area contributed by atoms with Gasteiger partial charge in [0.05, 0.1) is 13.2 Å². The van der Waals surface area contributed by atoms with E-state index in [4.69, 9.17) is 4.74 Å². The van der Waals surface area contributed by atoms with Crippen LogP contribution in [-0.2, 0) is 0 Å². The molecule has 1 N–H and O–H groups in total. The van der Waals surface area contributed by atoms with Gasteiger partial charge in [-0.05, 0) is 37.0 Å². The summed E-state index contributed by atoms with van der Waals surface area (Å²) in [7, 11) is 1.67. The highest BCUT2D eigenvalue weighted by atomic mass is 16.5. The van der Waals surface area contributed by atoms with Crippen molar-refractivity contribution in [3.8, 4) is 5.75 Å². The maximum Gasteiger partial charge on any atom is 0.317 e. The van der Waals surface area contributed by atoms with E-state index in [-0.39, 0.29) is 12.1 Å². The molecule has 1 unspecified atom stereocenters. The summed E-state index contributed by atoms with van der Waals surface area (Å²) in [5, 5.41) is 3.01. The summed E-state index contributed by atoms with van der Waals surface area (Å²) in [4.78, 5) is 14.2. The molecule has 1 aromatic rings. The fourth-order valence-electron chi connectivity index (χ4n) is 2.68. The number of carbonyl (C=O) groups is 1. The summed E-state index contributed by atoms with van der Waals surface area (Å²) >= 11 is 0. The second-order valence-corrected chi connectivity index (χ2v) is 5.21. The van der Waals surface area contributed by atoms with Crippen molar-refractivity contribution in [3.05, 3.63) is 29.8 Å². The summed E-state index contributed by atoms with van der Waals surface area (Å²) in [5.41, 5.74) is 1.16. The lowest BCUT2D eigenvalue weighted by atomic mass is 10.0. The van der Waals surface area contributed by atoms with Crippen LogP contribution in [0.4, 0.5) is 4.79 Å². The molecule has 0 radical (unpaired) electrons. The number of nitrogens with one attached hydrogen (secondary N) is 1. The topological polar surface area (TPSA) is 41.6 Å². The molecule has 20 heavy (non-hydrogen) atoms. The number of rotatable bonds is 5. The first-order valence-electron chi connectivity index (χ1n) is 7.44. The van der Waals surface area contributed by atoms with Gasteiger partial charge < -0.3 is 15.0 Å². The van der Waals surface area contributed by atoms with Crippen LogP contribution >= 0.6 is 0 Å². The second kappa shape index (κ2) is 7.17. The maximum atomic E-state index is 12.2. The molecule has 0 spiro atoms. The largest absolute Gasteiger partial charge is 0.497 e. The molecule has 2 rings (SSSR count). The zero-order chi connectivity index (χ0) is 14.4. The molecular formula is C16H24N2O2. The number of nitrogens with zero attached hydrogens (tertiary/aromatic N) is 1. The second-order valence-electron chi connectivity index (χ2n) is 5.21. The van der Waals surface area contributed by atoms with Crippen LogP contribution in [0.1, 0.15) is 44.2 Å². The normalized spacial score (nSPS) is 18.1. The van der Waals surface area contributed by atoms with Gasteiger partial charge in [-0.25, -0.2) is 4.79 Å². The summed E-state index contributed by atoms with van der Waals surface area (Å²) < 4.78 is 5.27. The molecule has 1 aromatic carbocycles. The van der Waals surface area contributed by atoms with Gasteiger partial charge >= 0.3 is 6.03 Å². The van der Waals surface area contributed by atoms with E-state index in [0.29, 0.717) is 0 Å². The van der Waals surface area contributed by atoms with Gasteiger partial charge in [0.1, 0.15) is 5.75 Å². The molecule has 0 saturated carbocycles. The molecule has 0 aromatic heterocycles. The lowest BCUT2D eigenvalue weighted by Gasteiger charge is -2.25. The fraction of sp³-hybridized carbons (Fsp3) is 0.562. The van der Waals surface area contributed by atoms with Crippen LogP contribution < -0.4 is 10.1 Å². The predicted octanol–water partition coefficient (Wildman–Crippen LogP) is 3.34. The van der Waals surface area contributed by atoms with Crippen LogP contribution in [0, 0.1) is 0 Å². The Hall–Kier alpha value is -1.71. The van der Waals surface area contributed by atoms with Gasteiger partial charge in [-0.1, -0.05) is 25.5 Å². The molecule has 1 atom stereocenters. The van der Waals surface area contributed by atoms with Crippen molar-refractivity contribution in [1.29, 1.82) is 0 Å². The molecule has 4 nitrogen and oxygen atoms in total. The SMILES string of the molecule is CCCCNC(=O)N1CCCC1c1cccc(OC)c1. The summed E-state index contributed by atoms with van der Waals surface area (Å²) in [6, 6.07) is 8.26. The minimum Gasteiger partial charge on any atom is -0.497 e. The standard InChI is InChI=1S/C16H24N2O2/c1-3-4-10-17-16(19)18-11-6-9-15(18)13-7-5-8-14(12-13)20-2/h5,7-8,12,15H,3-4,6,9-11H2,1-2H3,(H,17,19). The van der Waals surface area contributed by atoms with Gasteiger partial charge in [-0.15, -0.1) is 0 Å². The number of carbonyl (C=O) groups excluding carboxylic acids is 1. The lowest BCUT2D eigenvalue weighted by Crippen LogP contribution is -2.39. The van der Waals surface area contributed by atoms with Crippen LogP contribution in [0.2, 0.25) is 0 Å². The monoisotopic (exact) mass is 276 g/mol. The first-order chi connectivity index (χ1) is 9.76. The fourth-order valence-corrected chi connectivity index (χ4v) is 2.68. The van der Waals surface area contributed by atoms with Crippen molar-refractivity contribution >= 4 is 6.03 Å². The van der Waals surface area contributed by atoms with Crippen LogP contribution in [0.15, 0.2) is 24.3 Å². The molecule has 1 heterocycles. The third kappa shape index (κ3) is 3.44. The van der Waals surface area contributed by atoms with E-state index < -0.39 is 0 Å². The number of urea groups is 1. The number of hydrogen-bond donors (Lipinski definition) is 1. The van der Waals surface area contributed by atoms with E-state index in [1.54, 1.807) is 7.11 Å². The average molecular weight is 276 g/mol. The maximum absolute atomic E-state index is 12.2. The molecule has 4 heteroatoms. The minimum absolute atomic E-state index is 0.0590. The lowest BCUT2D eigenvalue weighted by molar-refractivity contribution is 0.193. The number of likely N-dealkylation sites (tertiary alicyclic amines) is 1. The third-order valence-corrected chi connectivity index (χ3v) is 3.80. The van der Waals surface area contributed by atoms with Crippen molar-refractivity contribution in [3.63, 3.8) is 0 Å². The van der Waals surface area contributed by atoms with Crippen molar-refractivity contribution in [2.24, 2.45) is 0 Å². The zero-order valence-corrected chi connectivity index (χ0v) is 12.4. The Morgan fingerprint density at radius 2 is 2.35 bits per heavy atom. The first kappa shape index (κ1) is 14.7. The van der Waals surface area contributed by atoms with Crippen LogP contribution in [-0.4, -0.2) is 31.1 Å². The van der Waals surface area contributed by atoms with E-state index >= 15 is 0 Å². The molecule has 2 amide bonds. The zero-order valence-electron chi connectivity index (χ0n) is 12.4. The van der Waals surface area contributed by atoms with E-state index in [1.165, 1.54) is 0 Å². The molecule has 0 bridgehead atoms. The number of hydrogen-bond acceptors (Lipinski definition) is 2. The Balaban J connectivity index is 2.04. The Labute approximate surface area is 121 Å². The molecule has 0 aliphatic carbocycles. The van der Waals surface area contributed by atoms with Gasteiger partial charge in [0.2, 0.25) is 0 Å². The Morgan fingerprint density at radius 3 is 3.10 bits per heavy atom. The third-order valence-electron chi connectivity index (χ3n) is 3.80. The minimum atomic E-state index is 0.0590. The van der Waals surface area contributed by atoms with Gasteiger partial charge in [-0.2, -0.15) is 0 Å². The van der Waals surface area contributed by atoms with E-state index in [0.717, 1.165) is 50.1 Å². The van der Waals surface area contributed by atoms with Crippen molar-refractivity contribution in [1.82, 2.24) is 10.2 Å². The molecule has 1 saturated heterocycles. The highest BCUT2D eigenvalue weighted by molar-refractivity contribution is 5.75. The average Bonchev–Trinajstić information content (AvgIpc) is 2.97. The van der Waals surface area contributed by atoms with Crippen LogP contribution in [0.25, 0.3) is 0 Å². The molecular weight excluding hydrogens is 252 g/mol. The smallest absolute Gasteiger partial charge is 0.317 e. The number of amides is 2. The first-order valence-corrected chi connectivity index (χ1v) is 7.44. The Bertz CT molecular complexity index is 448. The number of ether oxygens (including phenoxy) is 1. The highest BCUT2D eigenvalue weighted by Crippen LogP contribution is 2.33. The Kier molecular flexibility index (Phi) is 5.27. The van der Waals surface area contributed by atoms with Gasteiger partial charge in [0.25, 0.3) is 0 Å². The van der Waals surface area contributed by atoms with Crippen LogP contribution in [0.3, 0.4) is 0 Å². The molecule has 1 aliphatic heterocycles. The van der Waals surface area contributed by atoms with Crippen molar-refractivity contribution < 1.29 is 9.53 Å². The highest BCUT2D eigenvalue weighted by Gasteiger charge is 2.29. The summed E-state index contributed by atoms with van der Waals surface area (Å²) in [6.07, 6.45) is 4.21. The van der Waals surface area contributed by atoms with Crippen LogP contribution in [0.5, 0.6) is 5.75 Å². The summed E-state index contributed by atoms with van der Waals surface area (Å²) in [5.74, 6) is 0.848. The van der Waals surface area contributed by atoms with Gasteiger partial charge in [0.15, 0.2) is 0 Å². The molecule has 110 valence electrons. The van der Waals surface area contributed by atoms with E-state index in [1.807, 2.05) is 23.1 Å². The predicted molar refractivity (Wildman–Crippen MR) is 80.0 cm³/mol. The Morgan fingerprint density at radius 1 is 1.50 bits per heavy atom. The van der Waals surface area contributed by atoms with E-state index in [2.05, 4.69) is 18.3 Å². The quantitative estimate of drug-likeness (QED) is 0.838. The number of benzene rings is 1. The van der Waals surface area contributed by atoms with Crippen molar-refractivity contribution in [2.75, 3.05) is 20.2 Å². The molecule has 1 fully saturated rings. The van der Waals surface area contributed by atoms with E-state index in [9.17, 15) is 4.79 Å². The summed E-state index contributed by atoms with van der Waals surface area (Å²) in [6.45, 7) is 3.72. The van der Waals surface area contributed by atoms with Gasteiger partial charge in [-0.3, -0.25) is 0 Å². The van der Waals surface area contributed by atoms with Crippen molar-refractivity contribution in [2.45, 2.75) is 38.6 Å². The van der Waals surface area contributed by atoms with Gasteiger partial charge in [0, 0.05) is 13.1 Å². The number of unbranched alkanes of at least 4 members (excludes halogenated alkanes) is 1. The molecule has 1 aliphatic rings. The number of methoxy groups -OCH3 is 1.